The Morgan fingerprint density at radius 1 is 0.456 bits per heavy atom. The molecule has 2 fully saturated rings. The van der Waals surface area contributed by atoms with Crippen molar-refractivity contribution in [2.45, 2.75) is 101 Å². The maximum absolute atomic E-state index is 14.7. The molecule has 0 N–H and O–H groups in total. The number of rotatable bonds is 18. The van der Waals surface area contributed by atoms with E-state index in [1.165, 1.54) is 0 Å². The number of carbonyl (C=O) groups excluding carboxylic acids is 1. The largest absolute Gasteiger partial charge is 0.450 e. The van der Waals surface area contributed by atoms with E-state index in [4.69, 9.17) is 52.1 Å². The highest BCUT2D eigenvalue weighted by Gasteiger charge is 2.55. The zero-order valence-electron chi connectivity index (χ0n) is 38.1. The Labute approximate surface area is 397 Å². The molecule has 12 nitrogen and oxygen atoms in total. The van der Waals surface area contributed by atoms with Crippen LogP contribution in [0, 0.1) is 0 Å². The van der Waals surface area contributed by atoms with Crippen LogP contribution in [-0.4, -0.2) is 87.7 Å². The van der Waals surface area contributed by atoms with Gasteiger partial charge in [0.2, 0.25) is 0 Å². The van der Waals surface area contributed by atoms with Gasteiger partial charge in [0.15, 0.2) is 18.7 Å². The minimum Gasteiger partial charge on any atom is -0.450 e. The molecule has 0 radical (unpaired) electrons. The molecule has 3 heterocycles. The Morgan fingerprint density at radius 3 is 1.44 bits per heavy atom. The molecule has 0 spiro atoms. The van der Waals surface area contributed by atoms with Crippen LogP contribution in [0.4, 0.5) is 0 Å². The van der Waals surface area contributed by atoms with Gasteiger partial charge in [-0.3, -0.25) is 0 Å². The van der Waals surface area contributed by atoms with Crippen LogP contribution in [0.5, 0.6) is 0 Å². The summed E-state index contributed by atoms with van der Waals surface area (Å²) in [6.07, 6.45) is -9.27. The molecule has 2 saturated heterocycles. The molecule has 3 aliphatic rings. The summed E-state index contributed by atoms with van der Waals surface area (Å²) in [6.45, 7) is 1.43. The number of benzene rings is 6. The lowest BCUT2D eigenvalue weighted by molar-refractivity contribution is -0.371. The third-order valence-electron chi connectivity index (χ3n) is 12.3. The quantitative estimate of drug-likeness (QED) is 0.0768. The molecule has 0 bridgehead atoms. The highest BCUT2D eigenvalue weighted by molar-refractivity contribution is 5.91. The van der Waals surface area contributed by atoms with Crippen molar-refractivity contribution >= 4 is 5.97 Å². The van der Waals surface area contributed by atoms with E-state index in [9.17, 15) is 4.79 Å². The fraction of sp³-hybridized carbons (Fsp3) is 0.339. The second-order valence-corrected chi connectivity index (χ2v) is 17.0. The van der Waals surface area contributed by atoms with Crippen LogP contribution in [0.25, 0.3) is 0 Å². The predicted molar refractivity (Wildman–Crippen MR) is 251 cm³/mol. The highest BCUT2D eigenvalue weighted by Crippen LogP contribution is 2.37. The smallest absolute Gasteiger partial charge is 0.339 e. The molecular weight excluding hydrogens is 865 g/mol. The van der Waals surface area contributed by atoms with Crippen LogP contribution in [-0.2, 0) is 91.7 Å². The molecule has 0 amide bonds. The normalized spacial score (nSPS) is 26.0. The van der Waals surface area contributed by atoms with Crippen LogP contribution in [0.2, 0.25) is 0 Å². The first-order valence-electron chi connectivity index (χ1n) is 23.2. The molecule has 10 atom stereocenters. The number of methoxy groups -OCH3 is 1. The van der Waals surface area contributed by atoms with Gasteiger partial charge in [0.25, 0.3) is 0 Å². The molecule has 354 valence electrons. The van der Waals surface area contributed by atoms with Gasteiger partial charge >= 0.3 is 5.97 Å². The minimum atomic E-state index is -1.27. The van der Waals surface area contributed by atoms with Crippen molar-refractivity contribution in [2.75, 3.05) is 20.3 Å². The van der Waals surface area contributed by atoms with E-state index in [0.29, 0.717) is 24.3 Å². The lowest BCUT2D eigenvalue weighted by atomic mass is 9.96. The van der Waals surface area contributed by atoms with Crippen molar-refractivity contribution in [2.24, 2.45) is 0 Å². The molecule has 0 unspecified atom stereocenters. The van der Waals surface area contributed by atoms with Crippen LogP contribution >= 0.6 is 0 Å². The Balaban J connectivity index is 1.12. The van der Waals surface area contributed by atoms with Gasteiger partial charge in [-0.2, -0.15) is 0 Å². The van der Waals surface area contributed by atoms with Crippen molar-refractivity contribution in [1.29, 1.82) is 0 Å². The Morgan fingerprint density at radius 2 is 0.912 bits per heavy atom. The standard InChI is InChI=1S/C56H58O12/c1-58-55-52(63-35-43-27-15-6-16-28-43)51-49(47(65-55)38-60-32-40-21-9-3-10-22-40)68-56-53(67-54(57)45-30-18-17-29-44(45)36-64-51)50(62-34-42-25-13-5-14-26-42)48(61-33-41-23-11-4-12-24-41)46(66-56)37-59-31-39-19-7-2-8-20-39/h2-30,46-53,55-56H,31-38H2,1H3/t46-,47-,48-,49-,50+,51+,52-,53-,55+,56-/m1/s1. The fourth-order valence-electron chi connectivity index (χ4n) is 8.78. The van der Waals surface area contributed by atoms with Gasteiger partial charge in [0.05, 0.1) is 58.4 Å². The molecule has 6 aromatic carbocycles. The molecule has 0 saturated carbocycles. The lowest BCUT2D eigenvalue weighted by Gasteiger charge is -2.49. The predicted octanol–water partition coefficient (Wildman–Crippen LogP) is 8.78. The molecular formula is C56H58O12. The Hall–Kier alpha value is -5.61. The summed E-state index contributed by atoms with van der Waals surface area (Å²) in [5, 5.41) is 0. The average Bonchev–Trinajstić information content (AvgIpc) is 3.41. The number of carbonyl (C=O) groups is 1. The summed E-state index contributed by atoms with van der Waals surface area (Å²) in [5.41, 5.74) is 5.71. The topological polar surface area (TPSA) is 119 Å². The minimum absolute atomic E-state index is 0.0118. The van der Waals surface area contributed by atoms with Crippen molar-refractivity contribution in [3.63, 3.8) is 0 Å². The first-order chi connectivity index (χ1) is 33.6. The second-order valence-electron chi connectivity index (χ2n) is 17.0. The number of hydrogen-bond donors (Lipinski definition) is 0. The molecule has 68 heavy (non-hydrogen) atoms. The Kier molecular flexibility index (Phi) is 16.8. The monoisotopic (exact) mass is 922 g/mol. The zero-order chi connectivity index (χ0) is 46.3. The van der Waals surface area contributed by atoms with Gasteiger partial charge in [-0.05, 0) is 39.4 Å². The van der Waals surface area contributed by atoms with Crippen molar-refractivity contribution in [3.8, 4) is 0 Å². The van der Waals surface area contributed by atoms with Gasteiger partial charge in [-0.15, -0.1) is 0 Å². The molecule has 0 aliphatic carbocycles. The Bertz CT molecular complexity index is 2410. The first kappa shape index (κ1) is 47.5. The van der Waals surface area contributed by atoms with Crippen molar-refractivity contribution in [1.82, 2.24) is 0 Å². The van der Waals surface area contributed by atoms with Gasteiger partial charge in [0, 0.05) is 7.11 Å². The molecule has 12 heteroatoms. The van der Waals surface area contributed by atoms with Crippen LogP contribution in [0.3, 0.4) is 0 Å². The maximum Gasteiger partial charge on any atom is 0.339 e. The van der Waals surface area contributed by atoms with Crippen molar-refractivity contribution < 1.29 is 56.9 Å². The van der Waals surface area contributed by atoms with Crippen LogP contribution in [0.15, 0.2) is 176 Å². The van der Waals surface area contributed by atoms with Gasteiger partial charge < -0.3 is 52.1 Å². The van der Waals surface area contributed by atoms with E-state index >= 15 is 0 Å². The number of fused-ring (bicyclic) bond motifs is 3. The van der Waals surface area contributed by atoms with E-state index in [1.54, 1.807) is 19.2 Å². The summed E-state index contributed by atoms with van der Waals surface area (Å²) < 4.78 is 74.0. The van der Waals surface area contributed by atoms with Gasteiger partial charge in [0.1, 0.15) is 42.7 Å². The molecule has 6 aromatic rings. The summed E-state index contributed by atoms with van der Waals surface area (Å²) in [5.74, 6) is -0.601. The summed E-state index contributed by atoms with van der Waals surface area (Å²) in [4.78, 5) is 14.7. The first-order valence-corrected chi connectivity index (χ1v) is 23.2. The van der Waals surface area contributed by atoms with E-state index in [1.807, 2.05) is 164 Å². The van der Waals surface area contributed by atoms with E-state index in [0.717, 1.165) is 27.8 Å². The summed E-state index contributed by atoms with van der Waals surface area (Å²) in [7, 11) is 1.57. The van der Waals surface area contributed by atoms with E-state index in [-0.39, 0.29) is 39.6 Å². The van der Waals surface area contributed by atoms with Crippen molar-refractivity contribution in [3.05, 3.63) is 215 Å². The van der Waals surface area contributed by atoms with Gasteiger partial charge in [-0.25, -0.2) is 4.79 Å². The van der Waals surface area contributed by atoms with Crippen LogP contribution in [0.1, 0.15) is 43.7 Å². The van der Waals surface area contributed by atoms with Gasteiger partial charge in [-0.1, -0.05) is 170 Å². The number of esters is 1. The number of hydrogen-bond acceptors (Lipinski definition) is 12. The molecule has 3 aliphatic heterocycles. The third kappa shape index (κ3) is 12.3. The fourth-order valence-corrected chi connectivity index (χ4v) is 8.78. The average molecular weight is 923 g/mol. The molecule has 0 aromatic heterocycles. The summed E-state index contributed by atoms with van der Waals surface area (Å²) >= 11 is 0. The highest BCUT2D eigenvalue weighted by atomic mass is 16.8. The maximum atomic E-state index is 14.7. The zero-order valence-corrected chi connectivity index (χ0v) is 38.1. The van der Waals surface area contributed by atoms with E-state index in [2.05, 4.69) is 0 Å². The van der Waals surface area contributed by atoms with E-state index < -0.39 is 67.4 Å². The number of ether oxygens (including phenoxy) is 11. The summed E-state index contributed by atoms with van der Waals surface area (Å²) in [6, 6.07) is 56.6. The van der Waals surface area contributed by atoms with Crippen LogP contribution < -0.4 is 0 Å². The SMILES string of the molecule is CO[C@H]1O[C@H](COCc2ccccc2)[C@H]2O[C@H]3O[C@H](COCc4ccccc4)[C@@H](OCc4ccccc4)[C@H](OCc4ccccc4)[C@H]3OC(=O)c3ccccc3CO[C@@H]2[C@H]1OCc1ccccc1. The second kappa shape index (κ2) is 24.1. The third-order valence-corrected chi connectivity index (χ3v) is 12.3. The lowest BCUT2D eigenvalue weighted by Crippen LogP contribution is -2.66. The molecule has 9 rings (SSSR count).